The van der Waals surface area contributed by atoms with Crippen molar-refractivity contribution in [2.24, 2.45) is 5.92 Å². The Kier molecular flexibility index (Phi) is 4.35. The van der Waals surface area contributed by atoms with Gasteiger partial charge in [-0.3, -0.25) is 0 Å². The standard InChI is InChI=1S/C7H12N/c1-3-4-5-7(2)6-8/h7H,1,3-5H2,2H3. The van der Waals surface area contributed by atoms with Crippen molar-refractivity contribution in [3.8, 4) is 6.07 Å². The molecule has 45 valence electrons. The summed E-state index contributed by atoms with van der Waals surface area (Å²) in [6, 6.07) is 2.17. The van der Waals surface area contributed by atoms with Crippen LogP contribution in [0.3, 0.4) is 0 Å². The molecule has 0 spiro atoms. The molecule has 1 atom stereocenters. The maximum Gasteiger partial charge on any atom is 0.0652 e. The molecule has 0 heterocycles. The Labute approximate surface area is 51.3 Å². The fraction of sp³-hybridized carbons (Fsp3) is 0.714. The third kappa shape index (κ3) is 3.67. The second-order valence-corrected chi connectivity index (χ2v) is 2.03. The summed E-state index contributed by atoms with van der Waals surface area (Å²) in [4.78, 5) is 0. The van der Waals surface area contributed by atoms with Crippen LogP contribution in [-0.2, 0) is 0 Å². The minimum absolute atomic E-state index is 0.219. The normalized spacial score (nSPS) is 12.6. The third-order valence-electron chi connectivity index (χ3n) is 1.11. The van der Waals surface area contributed by atoms with Crippen LogP contribution in [0.15, 0.2) is 0 Å². The lowest BCUT2D eigenvalue weighted by Gasteiger charge is -1.96. The lowest BCUT2D eigenvalue weighted by Crippen LogP contribution is -1.87. The summed E-state index contributed by atoms with van der Waals surface area (Å²) in [6.07, 6.45) is 3.03. The van der Waals surface area contributed by atoms with Gasteiger partial charge in [0.15, 0.2) is 0 Å². The zero-order valence-electron chi connectivity index (χ0n) is 5.35. The summed E-state index contributed by atoms with van der Waals surface area (Å²) in [5.74, 6) is 0.219. The van der Waals surface area contributed by atoms with Crippen LogP contribution in [0.5, 0.6) is 0 Å². The van der Waals surface area contributed by atoms with Crippen molar-refractivity contribution in [3.63, 3.8) is 0 Å². The molecule has 0 bridgehead atoms. The molecule has 8 heavy (non-hydrogen) atoms. The van der Waals surface area contributed by atoms with Crippen LogP contribution < -0.4 is 0 Å². The molecule has 0 aliphatic rings. The van der Waals surface area contributed by atoms with E-state index in [1.165, 1.54) is 0 Å². The van der Waals surface area contributed by atoms with E-state index in [1.54, 1.807) is 0 Å². The van der Waals surface area contributed by atoms with Crippen molar-refractivity contribution in [3.05, 3.63) is 6.92 Å². The Morgan fingerprint density at radius 1 is 1.75 bits per heavy atom. The molecular weight excluding hydrogens is 98.1 g/mol. The van der Waals surface area contributed by atoms with E-state index in [4.69, 9.17) is 5.26 Å². The van der Waals surface area contributed by atoms with Gasteiger partial charge in [-0.25, -0.2) is 0 Å². The van der Waals surface area contributed by atoms with Gasteiger partial charge in [0, 0.05) is 5.92 Å². The van der Waals surface area contributed by atoms with Gasteiger partial charge >= 0.3 is 0 Å². The first-order chi connectivity index (χ1) is 3.81. The second-order valence-electron chi connectivity index (χ2n) is 2.03. The molecule has 0 N–H and O–H groups in total. The number of nitrogens with zero attached hydrogens (tertiary/aromatic N) is 1. The van der Waals surface area contributed by atoms with Crippen molar-refractivity contribution >= 4 is 0 Å². The molecule has 0 saturated heterocycles. The smallest absolute Gasteiger partial charge is 0.0652 e. The quantitative estimate of drug-likeness (QED) is 0.546. The van der Waals surface area contributed by atoms with Gasteiger partial charge < -0.3 is 0 Å². The maximum absolute atomic E-state index is 8.29. The average Bonchev–Trinajstić information content (AvgIpc) is 1.83. The highest BCUT2D eigenvalue weighted by Gasteiger charge is 1.95. The van der Waals surface area contributed by atoms with Gasteiger partial charge in [-0.1, -0.05) is 19.8 Å². The van der Waals surface area contributed by atoms with Crippen molar-refractivity contribution < 1.29 is 0 Å². The number of unbranched alkanes of at least 4 members (excludes halogenated alkanes) is 1. The van der Waals surface area contributed by atoms with Gasteiger partial charge in [0.2, 0.25) is 0 Å². The third-order valence-corrected chi connectivity index (χ3v) is 1.11. The molecule has 1 unspecified atom stereocenters. The Bertz CT molecular complexity index is 80.9. The highest BCUT2D eigenvalue weighted by Crippen LogP contribution is 2.04. The Balaban J connectivity index is 3.02. The first-order valence-corrected chi connectivity index (χ1v) is 3.00. The maximum atomic E-state index is 8.29. The minimum Gasteiger partial charge on any atom is -0.198 e. The van der Waals surface area contributed by atoms with E-state index >= 15 is 0 Å². The number of hydrogen-bond acceptors (Lipinski definition) is 1. The summed E-state index contributed by atoms with van der Waals surface area (Å²) in [7, 11) is 0. The van der Waals surface area contributed by atoms with Gasteiger partial charge in [-0.15, -0.1) is 0 Å². The van der Waals surface area contributed by atoms with Crippen LogP contribution in [0.1, 0.15) is 26.2 Å². The molecule has 1 nitrogen and oxygen atoms in total. The summed E-state index contributed by atoms with van der Waals surface area (Å²) in [5, 5.41) is 8.29. The number of rotatable bonds is 3. The van der Waals surface area contributed by atoms with Crippen molar-refractivity contribution in [2.75, 3.05) is 0 Å². The van der Waals surface area contributed by atoms with Crippen molar-refractivity contribution in [1.29, 1.82) is 5.26 Å². The molecule has 0 aromatic rings. The number of nitriles is 1. The molecule has 0 aromatic carbocycles. The van der Waals surface area contributed by atoms with E-state index in [2.05, 4.69) is 13.0 Å². The van der Waals surface area contributed by atoms with Crippen LogP contribution >= 0.6 is 0 Å². The van der Waals surface area contributed by atoms with Crippen LogP contribution in [-0.4, -0.2) is 0 Å². The first-order valence-electron chi connectivity index (χ1n) is 3.00. The van der Waals surface area contributed by atoms with E-state index in [0.29, 0.717) is 0 Å². The molecular formula is C7H12N. The van der Waals surface area contributed by atoms with Gasteiger partial charge in [-0.2, -0.15) is 5.26 Å². The Hall–Kier alpha value is -0.510. The Morgan fingerprint density at radius 3 is 2.75 bits per heavy atom. The molecule has 0 aliphatic heterocycles. The van der Waals surface area contributed by atoms with Gasteiger partial charge in [-0.05, 0) is 13.3 Å². The summed E-state index contributed by atoms with van der Waals surface area (Å²) in [6.45, 7) is 5.62. The zero-order chi connectivity index (χ0) is 6.41. The lowest BCUT2D eigenvalue weighted by molar-refractivity contribution is 0.622. The van der Waals surface area contributed by atoms with E-state index in [1.807, 2.05) is 6.92 Å². The average molecular weight is 110 g/mol. The lowest BCUT2D eigenvalue weighted by atomic mass is 10.1. The Morgan fingerprint density at radius 2 is 2.38 bits per heavy atom. The molecule has 1 heteroatoms. The van der Waals surface area contributed by atoms with Crippen molar-refractivity contribution in [1.82, 2.24) is 0 Å². The van der Waals surface area contributed by atoms with Gasteiger partial charge in [0.1, 0.15) is 0 Å². The summed E-state index contributed by atoms with van der Waals surface area (Å²) in [5.41, 5.74) is 0. The highest BCUT2D eigenvalue weighted by atomic mass is 14.2. The summed E-state index contributed by atoms with van der Waals surface area (Å²) < 4.78 is 0. The van der Waals surface area contributed by atoms with Crippen LogP contribution in [0.4, 0.5) is 0 Å². The molecule has 0 fully saturated rings. The van der Waals surface area contributed by atoms with Crippen LogP contribution in [0, 0.1) is 24.2 Å². The fourth-order valence-electron chi connectivity index (χ4n) is 0.515. The topological polar surface area (TPSA) is 23.8 Å². The number of hydrogen-bond donors (Lipinski definition) is 0. The molecule has 0 aliphatic carbocycles. The second kappa shape index (κ2) is 4.64. The van der Waals surface area contributed by atoms with E-state index < -0.39 is 0 Å². The minimum atomic E-state index is 0.219. The molecule has 0 rings (SSSR count). The van der Waals surface area contributed by atoms with E-state index in [9.17, 15) is 0 Å². The van der Waals surface area contributed by atoms with Crippen molar-refractivity contribution in [2.45, 2.75) is 26.2 Å². The van der Waals surface area contributed by atoms with E-state index in [0.717, 1.165) is 19.3 Å². The molecule has 0 saturated carbocycles. The van der Waals surface area contributed by atoms with E-state index in [-0.39, 0.29) is 5.92 Å². The van der Waals surface area contributed by atoms with Gasteiger partial charge in [0.25, 0.3) is 0 Å². The van der Waals surface area contributed by atoms with Crippen LogP contribution in [0.25, 0.3) is 0 Å². The fourth-order valence-corrected chi connectivity index (χ4v) is 0.515. The van der Waals surface area contributed by atoms with Gasteiger partial charge in [0.05, 0.1) is 6.07 Å². The largest absolute Gasteiger partial charge is 0.198 e. The molecule has 0 amide bonds. The predicted octanol–water partition coefficient (Wildman–Crippen LogP) is 2.15. The van der Waals surface area contributed by atoms with Crippen LogP contribution in [0.2, 0.25) is 0 Å². The SMILES string of the molecule is [CH2]CCCC(C)C#N. The zero-order valence-corrected chi connectivity index (χ0v) is 5.35. The molecule has 0 aromatic heterocycles. The predicted molar refractivity (Wildman–Crippen MR) is 34.0 cm³/mol. The highest BCUT2D eigenvalue weighted by molar-refractivity contribution is 4.77. The first kappa shape index (κ1) is 7.49. The summed E-state index contributed by atoms with van der Waals surface area (Å²) >= 11 is 0. The molecule has 1 radical (unpaired) electrons. The monoisotopic (exact) mass is 110 g/mol.